The lowest BCUT2D eigenvalue weighted by Crippen LogP contribution is -2.10. The van der Waals surface area contributed by atoms with Crippen LogP contribution in [0.1, 0.15) is 24.3 Å². The molecule has 0 aliphatic rings. The number of nitrogens with zero attached hydrogens (tertiary/aromatic N) is 2. The number of pyridine rings is 1. The van der Waals surface area contributed by atoms with Crippen LogP contribution in [0.25, 0.3) is 10.2 Å². The number of aromatic nitrogens is 2. The third-order valence-corrected chi connectivity index (χ3v) is 3.53. The summed E-state index contributed by atoms with van der Waals surface area (Å²) >= 11 is 1.72. The van der Waals surface area contributed by atoms with E-state index in [2.05, 4.69) is 16.9 Å². The predicted molar refractivity (Wildman–Crippen MR) is 59.5 cm³/mol. The minimum absolute atomic E-state index is 0.396. The molecule has 1 unspecified atom stereocenters. The Bertz CT molecular complexity index is 387. The highest BCUT2D eigenvalue weighted by Gasteiger charge is 2.12. The topological polar surface area (TPSA) is 51.8 Å². The van der Waals surface area contributed by atoms with Gasteiger partial charge in [-0.05, 0) is 12.5 Å². The lowest BCUT2D eigenvalue weighted by molar-refractivity contribution is 0.671. The first kappa shape index (κ1) is 9.55. The molecule has 3 nitrogen and oxygen atoms in total. The Morgan fingerprint density at radius 3 is 3.07 bits per heavy atom. The molecule has 1 atom stereocenters. The molecule has 0 aliphatic carbocycles. The van der Waals surface area contributed by atoms with Crippen molar-refractivity contribution in [3.05, 3.63) is 23.5 Å². The van der Waals surface area contributed by atoms with Gasteiger partial charge >= 0.3 is 0 Å². The van der Waals surface area contributed by atoms with Crippen LogP contribution in [-0.2, 0) is 0 Å². The fraction of sp³-hybridized carbons (Fsp3) is 0.400. The van der Waals surface area contributed by atoms with Gasteiger partial charge in [-0.2, -0.15) is 0 Å². The summed E-state index contributed by atoms with van der Waals surface area (Å²) < 4.78 is 1.20. The molecule has 2 rings (SSSR count). The Balaban J connectivity index is 2.43. The van der Waals surface area contributed by atoms with Crippen LogP contribution in [0.15, 0.2) is 18.5 Å². The molecule has 74 valence electrons. The van der Waals surface area contributed by atoms with Crippen LogP contribution in [0.4, 0.5) is 0 Å². The fourth-order valence-electron chi connectivity index (χ4n) is 1.41. The Kier molecular flexibility index (Phi) is 2.74. The number of hydrogen-bond donors (Lipinski definition) is 1. The summed E-state index contributed by atoms with van der Waals surface area (Å²) in [6, 6.07) is 2.00. The lowest BCUT2D eigenvalue weighted by Gasteiger charge is -2.06. The third-order valence-electron chi connectivity index (χ3n) is 2.33. The fourth-order valence-corrected chi connectivity index (χ4v) is 2.55. The molecule has 14 heavy (non-hydrogen) atoms. The van der Waals surface area contributed by atoms with Crippen molar-refractivity contribution in [3.63, 3.8) is 0 Å². The zero-order valence-corrected chi connectivity index (χ0v) is 8.92. The van der Waals surface area contributed by atoms with E-state index >= 15 is 0 Å². The van der Waals surface area contributed by atoms with Gasteiger partial charge in [-0.3, -0.25) is 4.98 Å². The summed E-state index contributed by atoms with van der Waals surface area (Å²) in [5.41, 5.74) is 6.67. The Labute approximate surface area is 87.0 Å². The van der Waals surface area contributed by atoms with E-state index in [1.807, 2.05) is 6.07 Å². The van der Waals surface area contributed by atoms with Crippen molar-refractivity contribution in [2.75, 3.05) is 6.54 Å². The number of thiazole rings is 1. The lowest BCUT2D eigenvalue weighted by atomic mass is 10.1. The summed E-state index contributed by atoms with van der Waals surface area (Å²) in [6.07, 6.45) is 4.65. The highest BCUT2D eigenvalue weighted by atomic mass is 32.1. The summed E-state index contributed by atoms with van der Waals surface area (Å²) in [5, 5.41) is 1.14. The Morgan fingerprint density at radius 1 is 1.57 bits per heavy atom. The Hall–Kier alpha value is -1.00. The quantitative estimate of drug-likeness (QED) is 0.839. The average Bonchev–Trinajstić information content (AvgIpc) is 2.63. The van der Waals surface area contributed by atoms with Crippen molar-refractivity contribution in [1.29, 1.82) is 0 Å². The molecule has 4 heteroatoms. The molecule has 0 aliphatic heterocycles. The normalized spacial score (nSPS) is 13.3. The van der Waals surface area contributed by atoms with Crippen molar-refractivity contribution in [3.8, 4) is 0 Å². The molecule has 0 saturated heterocycles. The molecule has 2 aromatic rings. The van der Waals surface area contributed by atoms with Crippen molar-refractivity contribution < 1.29 is 0 Å². The van der Waals surface area contributed by atoms with E-state index in [-0.39, 0.29) is 0 Å². The zero-order chi connectivity index (χ0) is 9.97. The first-order chi connectivity index (χ1) is 6.85. The van der Waals surface area contributed by atoms with Crippen LogP contribution < -0.4 is 5.73 Å². The molecule has 0 radical (unpaired) electrons. The zero-order valence-electron chi connectivity index (χ0n) is 8.10. The second-order valence-electron chi connectivity index (χ2n) is 3.24. The summed E-state index contributed by atoms with van der Waals surface area (Å²) in [7, 11) is 0. The van der Waals surface area contributed by atoms with Crippen LogP contribution in [0.3, 0.4) is 0 Å². The van der Waals surface area contributed by atoms with Crippen LogP contribution >= 0.6 is 11.3 Å². The number of nitrogens with two attached hydrogens (primary N) is 1. The van der Waals surface area contributed by atoms with Gasteiger partial charge in [0, 0.05) is 18.7 Å². The van der Waals surface area contributed by atoms with Gasteiger partial charge in [-0.15, -0.1) is 11.3 Å². The monoisotopic (exact) mass is 207 g/mol. The van der Waals surface area contributed by atoms with E-state index < -0.39 is 0 Å². The van der Waals surface area contributed by atoms with Gasteiger partial charge in [0.05, 0.1) is 21.4 Å². The van der Waals surface area contributed by atoms with Crippen molar-refractivity contribution in [2.45, 2.75) is 19.3 Å². The molecular weight excluding hydrogens is 194 g/mol. The maximum atomic E-state index is 5.69. The van der Waals surface area contributed by atoms with E-state index in [1.54, 1.807) is 23.7 Å². The van der Waals surface area contributed by atoms with Gasteiger partial charge in [0.15, 0.2) is 0 Å². The molecule has 0 fully saturated rings. The van der Waals surface area contributed by atoms with Gasteiger partial charge in [0.2, 0.25) is 0 Å². The number of hydrogen-bond acceptors (Lipinski definition) is 4. The first-order valence-electron chi connectivity index (χ1n) is 4.75. The highest BCUT2D eigenvalue weighted by Crippen LogP contribution is 2.27. The van der Waals surface area contributed by atoms with Crippen LogP contribution in [0, 0.1) is 0 Å². The van der Waals surface area contributed by atoms with Crippen molar-refractivity contribution in [1.82, 2.24) is 9.97 Å². The minimum atomic E-state index is 0.396. The van der Waals surface area contributed by atoms with E-state index in [1.165, 1.54) is 4.70 Å². The summed E-state index contributed by atoms with van der Waals surface area (Å²) in [5.74, 6) is 0.396. The van der Waals surface area contributed by atoms with Gasteiger partial charge in [0.1, 0.15) is 0 Å². The van der Waals surface area contributed by atoms with Crippen LogP contribution in [0.2, 0.25) is 0 Å². The summed E-state index contributed by atoms with van der Waals surface area (Å²) in [6.45, 7) is 2.81. The molecule has 2 N–H and O–H groups in total. The van der Waals surface area contributed by atoms with Gasteiger partial charge in [0.25, 0.3) is 0 Å². The third kappa shape index (κ3) is 1.63. The molecular formula is C10H13N3S. The van der Waals surface area contributed by atoms with E-state index in [9.17, 15) is 0 Å². The maximum Gasteiger partial charge on any atom is 0.0998 e. The number of rotatable bonds is 3. The van der Waals surface area contributed by atoms with E-state index in [0.29, 0.717) is 12.5 Å². The molecule has 0 saturated carbocycles. The SMILES string of the molecule is CCC(CN)c1nc2cnccc2s1. The predicted octanol–water partition coefficient (Wildman–Crippen LogP) is 2.14. The maximum absolute atomic E-state index is 5.69. The smallest absolute Gasteiger partial charge is 0.0998 e. The number of fused-ring (bicyclic) bond motifs is 1. The molecule has 0 bridgehead atoms. The van der Waals surface area contributed by atoms with E-state index in [0.717, 1.165) is 16.9 Å². The van der Waals surface area contributed by atoms with Gasteiger partial charge in [-0.25, -0.2) is 4.98 Å². The van der Waals surface area contributed by atoms with Crippen molar-refractivity contribution >= 4 is 21.6 Å². The van der Waals surface area contributed by atoms with Crippen LogP contribution in [0.5, 0.6) is 0 Å². The second-order valence-corrected chi connectivity index (χ2v) is 4.30. The van der Waals surface area contributed by atoms with Crippen molar-refractivity contribution in [2.24, 2.45) is 5.73 Å². The molecule has 2 heterocycles. The van der Waals surface area contributed by atoms with Gasteiger partial charge in [-0.1, -0.05) is 6.92 Å². The Morgan fingerprint density at radius 2 is 2.43 bits per heavy atom. The molecule has 2 aromatic heterocycles. The minimum Gasteiger partial charge on any atom is -0.330 e. The first-order valence-corrected chi connectivity index (χ1v) is 5.57. The second kappa shape index (κ2) is 4.02. The molecule has 0 spiro atoms. The highest BCUT2D eigenvalue weighted by molar-refractivity contribution is 7.18. The average molecular weight is 207 g/mol. The molecule has 0 amide bonds. The van der Waals surface area contributed by atoms with Gasteiger partial charge < -0.3 is 5.73 Å². The summed E-state index contributed by atoms with van der Waals surface area (Å²) in [4.78, 5) is 8.58. The standard InChI is InChI=1S/C10H13N3S/c1-2-7(5-11)10-13-8-6-12-4-3-9(8)14-10/h3-4,6-7H,2,5,11H2,1H3. The van der Waals surface area contributed by atoms with E-state index in [4.69, 9.17) is 5.73 Å². The molecule has 0 aromatic carbocycles. The largest absolute Gasteiger partial charge is 0.330 e. The van der Waals surface area contributed by atoms with Crippen LogP contribution in [-0.4, -0.2) is 16.5 Å².